The van der Waals surface area contributed by atoms with Crippen LogP contribution in [0.1, 0.15) is 26.8 Å². The fourth-order valence-electron chi connectivity index (χ4n) is 1.36. The van der Waals surface area contributed by atoms with E-state index in [-0.39, 0.29) is 5.76 Å². The molecule has 0 N–H and O–H groups in total. The molecule has 0 saturated carbocycles. The number of carbonyl (C=O) groups excluding carboxylic acids is 2. The highest BCUT2D eigenvalue weighted by Crippen LogP contribution is 2.10. The number of rotatable bonds is 4. The number of ether oxygens (including phenoxy) is 1. The number of esters is 1. The summed E-state index contributed by atoms with van der Waals surface area (Å²) in [6.45, 7) is 0.352. The number of nitrogens with zero attached hydrogens (tertiary/aromatic N) is 2. The molecule has 2 aromatic heterocycles. The van der Waals surface area contributed by atoms with E-state index in [2.05, 4.69) is 9.84 Å². The van der Waals surface area contributed by atoms with Crippen molar-refractivity contribution in [1.82, 2.24) is 9.78 Å². The molecule has 0 fully saturated rings. The summed E-state index contributed by atoms with van der Waals surface area (Å²) >= 11 is 0. The predicted octanol–water partition coefficient (Wildman–Crippen LogP) is 1.12. The Hall–Kier alpha value is -2.37. The van der Waals surface area contributed by atoms with Crippen LogP contribution in [0.25, 0.3) is 0 Å². The van der Waals surface area contributed by atoms with Gasteiger partial charge in [0, 0.05) is 6.20 Å². The normalized spacial score (nSPS) is 10.2. The van der Waals surface area contributed by atoms with E-state index in [4.69, 9.17) is 4.42 Å². The van der Waals surface area contributed by atoms with Crippen molar-refractivity contribution in [2.24, 2.45) is 0 Å². The summed E-state index contributed by atoms with van der Waals surface area (Å²) in [4.78, 5) is 21.6. The summed E-state index contributed by atoms with van der Waals surface area (Å²) in [5, 5.41) is 3.97. The highest BCUT2D eigenvalue weighted by Gasteiger charge is 2.11. The van der Waals surface area contributed by atoms with Gasteiger partial charge in [0.05, 0.1) is 13.7 Å². The molecule has 6 nitrogen and oxygen atoms in total. The maximum Gasteiger partial charge on any atom is 0.373 e. The summed E-state index contributed by atoms with van der Waals surface area (Å²) in [6, 6.07) is 4.79. The molecule has 2 heterocycles. The lowest BCUT2D eigenvalue weighted by Crippen LogP contribution is -2.01. The Morgan fingerprint density at radius 3 is 3.00 bits per heavy atom. The van der Waals surface area contributed by atoms with Crippen molar-refractivity contribution < 1.29 is 18.7 Å². The lowest BCUT2D eigenvalue weighted by Gasteiger charge is -1.97. The molecule has 17 heavy (non-hydrogen) atoms. The summed E-state index contributed by atoms with van der Waals surface area (Å²) < 4.78 is 11.3. The van der Waals surface area contributed by atoms with E-state index in [1.165, 1.54) is 13.2 Å². The van der Waals surface area contributed by atoms with Crippen LogP contribution in [0.2, 0.25) is 0 Å². The number of hydrogen-bond acceptors (Lipinski definition) is 5. The third-order valence-electron chi connectivity index (χ3n) is 2.15. The van der Waals surface area contributed by atoms with Gasteiger partial charge in [0.2, 0.25) is 5.76 Å². The van der Waals surface area contributed by atoms with Gasteiger partial charge in [-0.2, -0.15) is 5.10 Å². The van der Waals surface area contributed by atoms with Crippen molar-refractivity contribution in [3.63, 3.8) is 0 Å². The lowest BCUT2D eigenvalue weighted by molar-refractivity contribution is 0.0562. The molecule has 6 heteroatoms. The van der Waals surface area contributed by atoms with E-state index in [0.29, 0.717) is 24.3 Å². The molecule has 0 atom stereocenters. The Kier molecular flexibility index (Phi) is 3.04. The van der Waals surface area contributed by atoms with Crippen LogP contribution in [-0.2, 0) is 11.3 Å². The van der Waals surface area contributed by atoms with Crippen LogP contribution in [0.5, 0.6) is 0 Å². The quantitative estimate of drug-likeness (QED) is 0.585. The molecule has 0 aliphatic rings. The van der Waals surface area contributed by atoms with Gasteiger partial charge >= 0.3 is 5.97 Å². The van der Waals surface area contributed by atoms with Crippen LogP contribution < -0.4 is 0 Å². The minimum absolute atomic E-state index is 0.144. The van der Waals surface area contributed by atoms with Gasteiger partial charge in [0.1, 0.15) is 11.5 Å². The van der Waals surface area contributed by atoms with Gasteiger partial charge in [0.15, 0.2) is 6.29 Å². The third kappa shape index (κ3) is 2.41. The zero-order chi connectivity index (χ0) is 12.3. The van der Waals surface area contributed by atoms with Crippen LogP contribution in [-0.4, -0.2) is 29.1 Å². The number of aromatic nitrogens is 2. The first kappa shape index (κ1) is 11.1. The smallest absolute Gasteiger partial charge is 0.373 e. The van der Waals surface area contributed by atoms with Crippen molar-refractivity contribution >= 4 is 12.3 Å². The second-order valence-electron chi connectivity index (χ2n) is 3.31. The number of aldehydes is 1. The highest BCUT2D eigenvalue weighted by atomic mass is 16.5. The lowest BCUT2D eigenvalue weighted by atomic mass is 10.4. The minimum Gasteiger partial charge on any atom is -0.463 e. The topological polar surface area (TPSA) is 74.3 Å². The predicted molar refractivity (Wildman–Crippen MR) is 56.8 cm³/mol. The van der Waals surface area contributed by atoms with Gasteiger partial charge in [0.25, 0.3) is 0 Å². The first-order valence-corrected chi connectivity index (χ1v) is 4.88. The van der Waals surface area contributed by atoms with Gasteiger partial charge in [-0.1, -0.05) is 0 Å². The van der Waals surface area contributed by atoms with E-state index >= 15 is 0 Å². The van der Waals surface area contributed by atoms with E-state index in [1.807, 2.05) is 0 Å². The van der Waals surface area contributed by atoms with Crippen LogP contribution in [0, 0.1) is 0 Å². The summed E-state index contributed by atoms with van der Waals surface area (Å²) in [5.41, 5.74) is 0.352. The first-order valence-electron chi connectivity index (χ1n) is 4.88. The van der Waals surface area contributed by atoms with Crippen LogP contribution in [0.4, 0.5) is 0 Å². The molecule has 0 aromatic carbocycles. The van der Waals surface area contributed by atoms with E-state index in [1.54, 1.807) is 23.0 Å². The SMILES string of the molecule is COC(=O)c1ccc(Cn2ccc(C=O)n2)o1. The second kappa shape index (κ2) is 4.65. The van der Waals surface area contributed by atoms with Gasteiger partial charge in [-0.3, -0.25) is 9.48 Å². The average molecular weight is 234 g/mol. The molecule has 0 bridgehead atoms. The van der Waals surface area contributed by atoms with Gasteiger partial charge in [-0.05, 0) is 18.2 Å². The minimum atomic E-state index is -0.523. The summed E-state index contributed by atoms with van der Waals surface area (Å²) in [7, 11) is 1.29. The molecule has 0 amide bonds. The van der Waals surface area contributed by atoms with Gasteiger partial charge in [-0.15, -0.1) is 0 Å². The first-order chi connectivity index (χ1) is 8.22. The van der Waals surface area contributed by atoms with Crippen molar-refractivity contribution in [1.29, 1.82) is 0 Å². The van der Waals surface area contributed by atoms with Crippen molar-refractivity contribution in [3.05, 3.63) is 41.6 Å². The fourth-order valence-corrected chi connectivity index (χ4v) is 1.36. The number of hydrogen-bond donors (Lipinski definition) is 0. The maximum atomic E-state index is 11.1. The maximum absolute atomic E-state index is 11.1. The van der Waals surface area contributed by atoms with Gasteiger partial charge in [-0.25, -0.2) is 4.79 Å². The Balaban J connectivity index is 2.11. The molecule has 2 aromatic rings. The van der Waals surface area contributed by atoms with E-state index in [9.17, 15) is 9.59 Å². The number of methoxy groups -OCH3 is 1. The summed E-state index contributed by atoms with van der Waals surface area (Å²) in [6.07, 6.45) is 2.32. The standard InChI is InChI=1S/C11H10N2O4/c1-16-11(15)10-3-2-9(17-10)6-13-5-4-8(7-14)12-13/h2-5,7H,6H2,1H3. The Bertz CT molecular complexity index is 541. The molecule has 0 saturated heterocycles. The Labute approximate surface area is 96.8 Å². The molecular weight excluding hydrogens is 224 g/mol. The zero-order valence-corrected chi connectivity index (χ0v) is 9.12. The Morgan fingerprint density at radius 1 is 1.53 bits per heavy atom. The molecule has 2 rings (SSSR count). The molecule has 0 aliphatic heterocycles. The Morgan fingerprint density at radius 2 is 2.35 bits per heavy atom. The molecule has 0 unspecified atom stereocenters. The third-order valence-corrected chi connectivity index (χ3v) is 2.15. The average Bonchev–Trinajstić information content (AvgIpc) is 2.97. The molecular formula is C11H10N2O4. The highest BCUT2D eigenvalue weighted by molar-refractivity contribution is 5.86. The van der Waals surface area contributed by atoms with Crippen LogP contribution in [0.3, 0.4) is 0 Å². The molecule has 0 radical (unpaired) electrons. The molecule has 88 valence electrons. The van der Waals surface area contributed by atoms with Gasteiger partial charge < -0.3 is 9.15 Å². The fraction of sp³-hybridized carbons (Fsp3) is 0.182. The molecule has 0 spiro atoms. The van der Waals surface area contributed by atoms with Crippen molar-refractivity contribution in [2.75, 3.05) is 7.11 Å². The van der Waals surface area contributed by atoms with Crippen LogP contribution >= 0.6 is 0 Å². The molecule has 0 aliphatic carbocycles. The van der Waals surface area contributed by atoms with E-state index in [0.717, 1.165) is 0 Å². The van der Waals surface area contributed by atoms with Crippen molar-refractivity contribution in [3.8, 4) is 0 Å². The zero-order valence-electron chi connectivity index (χ0n) is 9.12. The summed E-state index contributed by atoms with van der Waals surface area (Å²) in [5.74, 6) is 0.182. The van der Waals surface area contributed by atoms with E-state index < -0.39 is 5.97 Å². The second-order valence-corrected chi connectivity index (χ2v) is 3.31. The van der Waals surface area contributed by atoms with Crippen molar-refractivity contribution in [2.45, 2.75) is 6.54 Å². The van der Waals surface area contributed by atoms with Crippen LogP contribution in [0.15, 0.2) is 28.8 Å². The monoisotopic (exact) mass is 234 g/mol. The largest absolute Gasteiger partial charge is 0.463 e. The number of furan rings is 1. The number of carbonyl (C=O) groups is 2.